The van der Waals surface area contributed by atoms with Gasteiger partial charge in [0.25, 0.3) is 0 Å². The van der Waals surface area contributed by atoms with Crippen molar-refractivity contribution in [1.29, 1.82) is 0 Å². The lowest BCUT2D eigenvalue weighted by Crippen LogP contribution is -1.83. The first-order valence-electron chi connectivity index (χ1n) is 9.30. The summed E-state index contributed by atoms with van der Waals surface area (Å²) in [4.78, 5) is 3.63. The van der Waals surface area contributed by atoms with Crippen molar-refractivity contribution in [2.45, 2.75) is 0 Å². The molecular weight excluding hydrogens is 326 g/mol. The fourth-order valence-electron chi connectivity index (χ4n) is 4.40. The molecule has 0 atom stereocenters. The van der Waals surface area contributed by atoms with E-state index in [4.69, 9.17) is 0 Å². The van der Waals surface area contributed by atoms with Crippen LogP contribution in [0.1, 0.15) is 0 Å². The van der Waals surface area contributed by atoms with E-state index in [2.05, 4.69) is 102 Å². The lowest BCUT2D eigenvalue weighted by atomic mass is 9.93. The highest BCUT2D eigenvalue weighted by atomic mass is 14.7. The molecule has 1 aromatic heterocycles. The lowest BCUT2D eigenvalue weighted by Gasteiger charge is -2.09. The van der Waals surface area contributed by atoms with Gasteiger partial charge < -0.3 is 4.98 Å². The molecule has 0 radical (unpaired) electrons. The van der Waals surface area contributed by atoms with Crippen LogP contribution in [0.25, 0.3) is 54.5 Å². The van der Waals surface area contributed by atoms with E-state index in [1.54, 1.807) is 0 Å². The maximum Gasteiger partial charge on any atom is 0.0471 e. The summed E-state index contributed by atoms with van der Waals surface area (Å²) in [5, 5.41) is 7.76. The Morgan fingerprint density at radius 3 is 1.93 bits per heavy atom. The van der Waals surface area contributed by atoms with Gasteiger partial charge >= 0.3 is 0 Å². The van der Waals surface area contributed by atoms with E-state index in [1.807, 2.05) is 0 Å². The Morgan fingerprint density at radius 2 is 1.04 bits per heavy atom. The third kappa shape index (κ3) is 2.06. The molecule has 0 saturated heterocycles. The highest BCUT2D eigenvalue weighted by Crippen LogP contribution is 2.40. The summed E-state index contributed by atoms with van der Waals surface area (Å²) in [6, 6.07) is 34.8. The summed E-state index contributed by atoms with van der Waals surface area (Å²) in [6.45, 7) is 0. The van der Waals surface area contributed by atoms with E-state index in [-0.39, 0.29) is 0 Å². The summed E-state index contributed by atoms with van der Waals surface area (Å²) in [5.74, 6) is 0. The van der Waals surface area contributed by atoms with Gasteiger partial charge in [0.05, 0.1) is 0 Å². The second kappa shape index (κ2) is 5.46. The van der Waals surface area contributed by atoms with Gasteiger partial charge in [-0.05, 0) is 44.8 Å². The number of nitrogens with one attached hydrogen (secondary N) is 1. The minimum Gasteiger partial charge on any atom is -0.354 e. The number of benzene rings is 5. The van der Waals surface area contributed by atoms with E-state index >= 15 is 0 Å². The van der Waals surface area contributed by atoms with Gasteiger partial charge in [-0.25, -0.2) is 0 Å². The molecule has 1 heteroatoms. The number of rotatable bonds is 1. The van der Waals surface area contributed by atoms with Crippen LogP contribution in [0.4, 0.5) is 0 Å². The molecule has 6 aromatic rings. The molecule has 1 nitrogen and oxygen atoms in total. The summed E-state index contributed by atoms with van der Waals surface area (Å²) in [5.41, 5.74) is 4.95. The molecular formula is C26H17N. The molecule has 0 aliphatic carbocycles. The topological polar surface area (TPSA) is 15.8 Å². The van der Waals surface area contributed by atoms with Crippen LogP contribution in [-0.4, -0.2) is 4.98 Å². The molecule has 0 unspecified atom stereocenters. The number of hydrogen-bond acceptors (Lipinski definition) is 0. The quantitative estimate of drug-likeness (QED) is 0.322. The van der Waals surface area contributed by atoms with Gasteiger partial charge in [0.1, 0.15) is 0 Å². The second-order valence-corrected chi connectivity index (χ2v) is 7.09. The number of H-pyrrole nitrogens is 1. The van der Waals surface area contributed by atoms with Crippen molar-refractivity contribution in [3.63, 3.8) is 0 Å². The van der Waals surface area contributed by atoms with Crippen molar-refractivity contribution in [1.82, 2.24) is 4.98 Å². The van der Waals surface area contributed by atoms with E-state index in [9.17, 15) is 0 Å². The van der Waals surface area contributed by atoms with Gasteiger partial charge in [-0.1, -0.05) is 84.9 Å². The number of aromatic amines is 1. The zero-order chi connectivity index (χ0) is 17.8. The Morgan fingerprint density at radius 1 is 0.407 bits per heavy atom. The summed E-state index contributed by atoms with van der Waals surface area (Å²) in [7, 11) is 0. The molecule has 0 saturated carbocycles. The zero-order valence-corrected chi connectivity index (χ0v) is 14.7. The SMILES string of the molecule is c1ccc2c(-c3cccc4[nH]c5ccc6ccccc6c5c34)cccc2c1. The predicted octanol–water partition coefficient (Wildman–Crippen LogP) is 7.29. The Balaban J connectivity index is 1.84. The predicted molar refractivity (Wildman–Crippen MR) is 116 cm³/mol. The Kier molecular flexibility index (Phi) is 2.95. The molecule has 126 valence electrons. The smallest absolute Gasteiger partial charge is 0.0471 e. The minimum atomic E-state index is 1.19. The third-order valence-corrected chi connectivity index (χ3v) is 5.59. The number of aromatic nitrogens is 1. The monoisotopic (exact) mass is 343 g/mol. The molecule has 5 aromatic carbocycles. The van der Waals surface area contributed by atoms with Gasteiger partial charge in [-0.2, -0.15) is 0 Å². The summed E-state index contributed by atoms with van der Waals surface area (Å²) < 4.78 is 0. The zero-order valence-electron chi connectivity index (χ0n) is 14.7. The molecule has 27 heavy (non-hydrogen) atoms. The van der Waals surface area contributed by atoms with Crippen molar-refractivity contribution >= 4 is 43.4 Å². The molecule has 0 bridgehead atoms. The van der Waals surface area contributed by atoms with Crippen molar-refractivity contribution in [2.24, 2.45) is 0 Å². The second-order valence-electron chi connectivity index (χ2n) is 7.09. The molecule has 1 heterocycles. The molecule has 6 rings (SSSR count). The normalized spacial score (nSPS) is 11.7. The largest absolute Gasteiger partial charge is 0.354 e. The highest BCUT2D eigenvalue weighted by Gasteiger charge is 2.14. The lowest BCUT2D eigenvalue weighted by molar-refractivity contribution is 1.55. The fraction of sp³-hybridized carbons (Fsp3) is 0. The molecule has 0 aliphatic rings. The van der Waals surface area contributed by atoms with E-state index in [1.165, 1.54) is 54.5 Å². The Labute approximate surface area is 156 Å². The molecule has 0 fully saturated rings. The average molecular weight is 343 g/mol. The van der Waals surface area contributed by atoms with Crippen molar-refractivity contribution in [3.8, 4) is 11.1 Å². The average Bonchev–Trinajstić information content (AvgIpc) is 3.12. The summed E-state index contributed by atoms with van der Waals surface area (Å²) >= 11 is 0. The molecule has 0 amide bonds. The van der Waals surface area contributed by atoms with Crippen molar-refractivity contribution in [2.75, 3.05) is 0 Å². The van der Waals surface area contributed by atoms with Crippen LogP contribution in [0.15, 0.2) is 97.1 Å². The maximum atomic E-state index is 3.63. The fourth-order valence-corrected chi connectivity index (χ4v) is 4.40. The van der Waals surface area contributed by atoms with Crippen molar-refractivity contribution < 1.29 is 0 Å². The van der Waals surface area contributed by atoms with Crippen LogP contribution in [0.3, 0.4) is 0 Å². The van der Waals surface area contributed by atoms with Gasteiger partial charge in [0.2, 0.25) is 0 Å². The highest BCUT2D eigenvalue weighted by molar-refractivity contribution is 6.25. The minimum absolute atomic E-state index is 1.19. The first kappa shape index (κ1) is 14.6. The molecule has 1 N–H and O–H groups in total. The number of fused-ring (bicyclic) bond motifs is 6. The Bertz CT molecular complexity index is 1460. The first-order valence-corrected chi connectivity index (χ1v) is 9.30. The van der Waals surface area contributed by atoms with Crippen molar-refractivity contribution in [3.05, 3.63) is 97.1 Å². The van der Waals surface area contributed by atoms with Gasteiger partial charge in [0, 0.05) is 21.8 Å². The number of hydrogen-bond donors (Lipinski definition) is 1. The van der Waals surface area contributed by atoms with Crippen LogP contribution in [0.2, 0.25) is 0 Å². The summed E-state index contributed by atoms with van der Waals surface area (Å²) in [6.07, 6.45) is 0. The van der Waals surface area contributed by atoms with Crippen LogP contribution in [0.5, 0.6) is 0 Å². The Hall–Kier alpha value is -3.58. The van der Waals surface area contributed by atoms with Crippen LogP contribution in [0, 0.1) is 0 Å². The van der Waals surface area contributed by atoms with Gasteiger partial charge in [0.15, 0.2) is 0 Å². The standard InChI is InChI=1S/C26H17N/c1-3-10-19-17(7-1)9-5-12-21(19)22-13-6-14-23-26(22)25-20-11-4-2-8-18(20)15-16-24(25)27-23/h1-16,27H. The maximum absolute atomic E-state index is 3.63. The van der Waals surface area contributed by atoms with Crippen LogP contribution < -0.4 is 0 Å². The van der Waals surface area contributed by atoms with E-state index in [0.717, 1.165) is 0 Å². The molecule has 0 spiro atoms. The molecule has 0 aliphatic heterocycles. The van der Waals surface area contributed by atoms with Crippen LogP contribution in [-0.2, 0) is 0 Å². The van der Waals surface area contributed by atoms with E-state index in [0.29, 0.717) is 0 Å². The van der Waals surface area contributed by atoms with Gasteiger partial charge in [-0.15, -0.1) is 0 Å². The first-order chi connectivity index (χ1) is 13.4. The van der Waals surface area contributed by atoms with E-state index < -0.39 is 0 Å². The third-order valence-electron chi connectivity index (χ3n) is 5.59. The van der Waals surface area contributed by atoms with Gasteiger partial charge in [-0.3, -0.25) is 0 Å². The van der Waals surface area contributed by atoms with Crippen LogP contribution >= 0.6 is 0 Å².